The third-order valence-electron chi connectivity index (χ3n) is 3.26. The molecule has 0 aliphatic rings. The summed E-state index contributed by atoms with van der Waals surface area (Å²) in [6.45, 7) is 3.35. The molecule has 2 rings (SSSR count). The Kier molecular flexibility index (Phi) is 7.64. The van der Waals surface area contributed by atoms with Crippen molar-refractivity contribution in [1.82, 2.24) is 4.90 Å². The summed E-state index contributed by atoms with van der Waals surface area (Å²) in [4.78, 5) is 13.2. The van der Waals surface area contributed by atoms with Gasteiger partial charge in [-0.25, -0.2) is 0 Å². The average molecular weight is 320 g/mol. The van der Waals surface area contributed by atoms with Crippen LogP contribution in [0.1, 0.15) is 18.1 Å². The van der Waals surface area contributed by atoms with Crippen LogP contribution >= 0.6 is 12.4 Å². The van der Waals surface area contributed by atoms with Gasteiger partial charge in [0.2, 0.25) is 0 Å². The molecule has 22 heavy (non-hydrogen) atoms. The first-order chi connectivity index (χ1) is 10.1. The van der Waals surface area contributed by atoms with Crippen LogP contribution < -0.4 is 4.74 Å². The van der Waals surface area contributed by atoms with Gasteiger partial charge in [-0.15, -0.1) is 12.4 Å². The van der Waals surface area contributed by atoms with Crippen LogP contribution in [0.25, 0.3) is 0 Å². The SMILES string of the molecule is CC(=O)Oc1ccc(CCN(C)Cc2ccccc2)cc1.Cl. The van der Waals surface area contributed by atoms with Crippen LogP contribution in [0.3, 0.4) is 0 Å². The lowest BCUT2D eigenvalue weighted by molar-refractivity contribution is -0.131. The molecule has 3 nitrogen and oxygen atoms in total. The molecular formula is C18H22ClNO2. The van der Waals surface area contributed by atoms with Crippen molar-refractivity contribution in [3.63, 3.8) is 0 Å². The summed E-state index contributed by atoms with van der Waals surface area (Å²) in [6, 6.07) is 18.2. The Hall–Kier alpha value is -1.84. The Bertz CT molecular complexity index is 569. The lowest BCUT2D eigenvalue weighted by Gasteiger charge is -2.16. The van der Waals surface area contributed by atoms with E-state index in [1.807, 2.05) is 30.3 Å². The number of hydrogen-bond acceptors (Lipinski definition) is 3. The second kappa shape index (κ2) is 9.23. The molecule has 0 saturated heterocycles. The molecule has 0 heterocycles. The second-order valence-corrected chi connectivity index (χ2v) is 5.21. The van der Waals surface area contributed by atoms with Gasteiger partial charge < -0.3 is 9.64 Å². The maximum absolute atomic E-state index is 10.9. The van der Waals surface area contributed by atoms with Crippen LogP contribution in [0.2, 0.25) is 0 Å². The standard InChI is InChI=1S/C18H21NO2.ClH/c1-15(20)21-18-10-8-16(9-11-18)12-13-19(2)14-17-6-4-3-5-7-17;/h3-11H,12-14H2,1-2H3;1H. The summed E-state index contributed by atoms with van der Waals surface area (Å²) >= 11 is 0. The molecule has 0 unspecified atom stereocenters. The highest BCUT2D eigenvalue weighted by molar-refractivity contribution is 5.85. The van der Waals surface area contributed by atoms with Gasteiger partial charge in [-0.2, -0.15) is 0 Å². The van der Waals surface area contributed by atoms with E-state index in [4.69, 9.17) is 4.74 Å². The molecule has 0 amide bonds. The summed E-state index contributed by atoms with van der Waals surface area (Å²) in [6.07, 6.45) is 0.976. The van der Waals surface area contributed by atoms with Crippen molar-refractivity contribution in [2.45, 2.75) is 19.9 Å². The molecule has 0 fully saturated rings. The van der Waals surface area contributed by atoms with Crippen LogP contribution in [0.15, 0.2) is 54.6 Å². The summed E-state index contributed by atoms with van der Waals surface area (Å²) in [5.74, 6) is 0.314. The summed E-state index contributed by atoms with van der Waals surface area (Å²) in [5.41, 5.74) is 2.57. The third-order valence-corrected chi connectivity index (χ3v) is 3.26. The van der Waals surface area contributed by atoms with E-state index in [1.165, 1.54) is 18.1 Å². The first-order valence-electron chi connectivity index (χ1n) is 7.13. The minimum Gasteiger partial charge on any atom is -0.427 e. The highest BCUT2D eigenvalue weighted by atomic mass is 35.5. The summed E-state index contributed by atoms with van der Waals surface area (Å²) in [5, 5.41) is 0. The zero-order chi connectivity index (χ0) is 15.1. The number of esters is 1. The van der Waals surface area contributed by atoms with Gasteiger partial charge in [-0.1, -0.05) is 42.5 Å². The zero-order valence-electron chi connectivity index (χ0n) is 13.0. The molecule has 0 N–H and O–H groups in total. The van der Waals surface area contributed by atoms with Crippen LogP contribution in [0.5, 0.6) is 5.75 Å². The number of carbonyl (C=O) groups excluding carboxylic acids is 1. The van der Waals surface area contributed by atoms with E-state index in [1.54, 1.807) is 0 Å². The Morgan fingerprint density at radius 2 is 1.64 bits per heavy atom. The van der Waals surface area contributed by atoms with E-state index in [-0.39, 0.29) is 18.4 Å². The zero-order valence-corrected chi connectivity index (χ0v) is 13.8. The number of carbonyl (C=O) groups is 1. The van der Waals surface area contributed by atoms with Crippen LogP contribution in [0.4, 0.5) is 0 Å². The predicted octanol–water partition coefficient (Wildman–Crippen LogP) is 3.71. The largest absolute Gasteiger partial charge is 0.427 e. The summed E-state index contributed by atoms with van der Waals surface area (Å²) < 4.78 is 5.02. The quantitative estimate of drug-likeness (QED) is 0.600. The first kappa shape index (κ1) is 18.2. The molecule has 0 radical (unpaired) electrons. The van der Waals surface area contributed by atoms with Gasteiger partial charge in [0.25, 0.3) is 0 Å². The molecule has 0 aliphatic heterocycles. The van der Waals surface area contributed by atoms with Gasteiger partial charge >= 0.3 is 5.97 Å². The Morgan fingerprint density at radius 3 is 2.23 bits per heavy atom. The molecule has 4 heteroatoms. The molecular weight excluding hydrogens is 298 g/mol. The first-order valence-corrected chi connectivity index (χ1v) is 7.13. The number of rotatable bonds is 6. The number of ether oxygens (including phenoxy) is 1. The molecule has 2 aromatic rings. The Balaban J connectivity index is 0.00000242. The lowest BCUT2D eigenvalue weighted by atomic mass is 10.1. The number of hydrogen-bond donors (Lipinski definition) is 0. The van der Waals surface area contributed by atoms with Crippen LogP contribution in [-0.2, 0) is 17.8 Å². The smallest absolute Gasteiger partial charge is 0.308 e. The van der Waals surface area contributed by atoms with Crippen LogP contribution in [-0.4, -0.2) is 24.5 Å². The molecule has 0 saturated carbocycles. The van der Waals surface area contributed by atoms with Crippen molar-refractivity contribution < 1.29 is 9.53 Å². The monoisotopic (exact) mass is 319 g/mol. The topological polar surface area (TPSA) is 29.5 Å². The minimum absolute atomic E-state index is 0. The minimum atomic E-state index is -0.287. The third kappa shape index (κ3) is 6.29. The average Bonchev–Trinajstić information content (AvgIpc) is 2.47. The van der Waals surface area contributed by atoms with Crippen LogP contribution in [0, 0.1) is 0 Å². The second-order valence-electron chi connectivity index (χ2n) is 5.21. The van der Waals surface area contributed by atoms with Gasteiger partial charge in [0, 0.05) is 20.0 Å². The van der Waals surface area contributed by atoms with E-state index in [2.05, 4.69) is 36.2 Å². The number of likely N-dealkylation sites (N-methyl/N-ethyl adjacent to an activating group) is 1. The van der Waals surface area contributed by atoms with Crippen molar-refractivity contribution in [2.75, 3.05) is 13.6 Å². The predicted molar refractivity (Wildman–Crippen MR) is 91.5 cm³/mol. The maximum Gasteiger partial charge on any atom is 0.308 e. The van der Waals surface area contributed by atoms with Gasteiger partial charge in [0.05, 0.1) is 0 Å². The fourth-order valence-corrected chi connectivity index (χ4v) is 2.18. The van der Waals surface area contributed by atoms with E-state index >= 15 is 0 Å². The molecule has 0 spiro atoms. The van der Waals surface area contributed by atoms with E-state index in [9.17, 15) is 4.79 Å². The van der Waals surface area contributed by atoms with Gasteiger partial charge in [-0.05, 0) is 36.7 Å². The normalized spacial score (nSPS) is 10.1. The van der Waals surface area contributed by atoms with Crippen molar-refractivity contribution in [3.05, 3.63) is 65.7 Å². The van der Waals surface area contributed by atoms with E-state index in [0.29, 0.717) is 5.75 Å². The fourth-order valence-electron chi connectivity index (χ4n) is 2.18. The molecule has 0 aromatic heterocycles. The van der Waals surface area contributed by atoms with E-state index < -0.39 is 0 Å². The van der Waals surface area contributed by atoms with Crippen molar-refractivity contribution in [3.8, 4) is 5.75 Å². The molecule has 0 aliphatic carbocycles. The molecule has 0 atom stereocenters. The lowest BCUT2D eigenvalue weighted by Crippen LogP contribution is -2.20. The number of halogens is 1. The highest BCUT2D eigenvalue weighted by Crippen LogP contribution is 2.13. The van der Waals surface area contributed by atoms with Gasteiger partial charge in [0.15, 0.2) is 0 Å². The molecule has 118 valence electrons. The molecule has 2 aromatic carbocycles. The highest BCUT2D eigenvalue weighted by Gasteiger charge is 2.02. The molecule has 0 bridgehead atoms. The van der Waals surface area contributed by atoms with Crippen molar-refractivity contribution in [2.24, 2.45) is 0 Å². The van der Waals surface area contributed by atoms with Gasteiger partial charge in [-0.3, -0.25) is 4.79 Å². The fraction of sp³-hybridized carbons (Fsp3) is 0.278. The summed E-state index contributed by atoms with van der Waals surface area (Å²) in [7, 11) is 2.13. The van der Waals surface area contributed by atoms with Gasteiger partial charge in [0.1, 0.15) is 5.75 Å². The van der Waals surface area contributed by atoms with Crippen molar-refractivity contribution in [1.29, 1.82) is 0 Å². The Labute approximate surface area is 138 Å². The number of nitrogens with zero attached hydrogens (tertiary/aromatic N) is 1. The van der Waals surface area contributed by atoms with E-state index in [0.717, 1.165) is 19.5 Å². The maximum atomic E-state index is 10.9. The Morgan fingerprint density at radius 1 is 1.00 bits per heavy atom. The number of benzene rings is 2. The van der Waals surface area contributed by atoms with Crippen molar-refractivity contribution >= 4 is 18.4 Å².